The van der Waals surface area contributed by atoms with E-state index in [1.54, 1.807) is 0 Å². The minimum Gasteiger partial charge on any atom is -0.465 e. The molecule has 0 atom stereocenters. The largest absolute Gasteiger partial charge is 0.465 e. The second kappa shape index (κ2) is 5.67. The lowest BCUT2D eigenvalue weighted by atomic mass is 10.9. The number of rotatable bonds is 0. The molecule has 10 heavy (non-hydrogen) atoms. The van der Waals surface area contributed by atoms with E-state index < -0.39 is 12.2 Å². The average Bonchev–Trinajstić information content (AvgIpc) is 1.63. The summed E-state index contributed by atoms with van der Waals surface area (Å²) in [6, 6.07) is 0. The minimum absolute atomic E-state index is 0.907. The summed E-state index contributed by atoms with van der Waals surface area (Å²) in [5.41, 5.74) is 4.03. The molecule has 0 rings (SSSR count). The smallest absolute Gasteiger partial charge is 0.406 e. The molecule has 0 aliphatic heterocycles. The number of hydrogen-bond donors (Lipinski definition) is 3. The number of carboxylic acid groups (broad SMARTS) is 2. The molecule has 0 spiro atoms. The van der Waals surface area contributed by atoms with Gasteiger partial charge in [-0.2, -0.15) is 0 Å². The van der Waals surface area contributed by atoms with Crippen molar-refractivity contribution < 1.29 is 19.8 Å². The first kappa shape index (κ1) is 11.4. The Labute approximate surface area is 57.9 Å². The van der Waals surface area contributed by atoms with Crippen LogP contribution in [0.2, 0.25) is 0 Å². The first-order chi connectivity index (χ1) is 4.37. The highest BCUT2D eigenvalue weighted by molar-refractivity contribution is 5.63. The Bertz CT molecular complexity index is 118. The summed E-state index contributed by atoms with van der Waals surface area (Å²) in [6.07, 6.45) is -2.24. The third-order valence-electron chi connectivity index (χ3n) is 0.383. The van der Waals surface area contributed by atoms with E-state index in [-0.39, 0.29) is 0 Å². The van der Waals surface area contributed by atoms with Gasteiger partial charge in [0.15, 0.2) is 0 Å². The molecule has 6 heteroatoms. The fourth-order valence-electron chi connectivity index (χ4n) is 0. The van der Waals surface area contributed by atoms with E-state index >= 15 is 0 Å². The Kier molecular flexibility index (Phi) is 6.44. The van der Waals surface area contributed by atoms with Crippen molar-refractivity contribution in [2.75, 3.05) is 14.1 Å². The van der Waals surface area contributed by atoms with Gasteiger partial charge in [-0.25, -0.2) is 9.59 Å². The van der Waals surface area contributed by atoms with Crippen LogP contribution in [0, 0.1) is 0 Å². The van der Waals surface area contributed by atoms with Crippen LogP contribution in [0.4, 0.5) is 9.59 Å². The van der Waals surface area contributed by atoms with Gasteiger partial charge in [-0.3, -0.25) is 0 Å². The van der Waals surface area contributed by atoms with Crippen LogP contribution in [0.25, 0.3) is 0 Å². The Balaban J connectivity index is 0. The highest BCUT2D eigenvalue weighted by Crippen LogP contribution is 1.69. The molecule has 2 amide bonds. The maximum absolute atomic E-state index is 9.62. The van der Waals surface area contributed by atoms with Gasteiger partial charge in [-0.15, -0.1) is 0 Å². The van der Waals surface area contributed by atoms with Crippen LogP contribution in [-0.2, 0) is 0 Å². The normalized spacial score (nSPS) is 7.00. The van der Waals surface area contributed by atoms with Gasteiger partial charge in [0.2, 0.25) is 0 Å². The minimum atomic E-state index is -1.33. The summed E-state index contributed by atoms with van der Waals surface area (Å²) < 4.78 is 0. The zero-order valence-electron chi connectivity index (χ0n) is 5.74. The van der Waals surface area contributed by atoms with Gasteiger partial charge in [-0.1, -0.05) is 0 Å². The van der Waals surface area contributed by atoms with E-state index in [0.717, 1.165) is 4.90 Å². The summed E-state index contributed by atoms with van der Waals surface area (Å²) in [6.45, 7) is 0. The van der Waals surface area contributed by atoms with Crippen LogP contribution in [-0.4, -0.2) is 41.4 Å². The molecule has 0 aromatic rings. The lowest BCUT2D eigenvalue weighted by molar-refractivity contribution is 0.165. The predicted molar refractivity (Wildman–Crippen MR) is 33.9 cm³/mol. The van der Waals surface area contributed by atoms with Gasteiger partial charge in [0, 0.05) is 14.1 Å². The van der Waals surface area contributed by atoms with Crippen molar-refractivity contribution >= 4 is 12.2 Å². The number of amides is 2. The standard InChI is InChI=1S/C3H7NO2.CH3NO2/c1-4(2)3(5)6;2-1(3)4/h1-2H3,(H,5,6);2H2,(H,3,4). The number of carbonyl (C=O) groups is 2. The van der Waals surface area contributed by atoms with Gasteiger partial charge < -0.3 is 20.8 Å². The van der Waals surface area contributed by atoms with Crippen molar-refractivity contribution in [2.24, 2.45) is 5.73 Å². The quantitative estimate of drug-likeness (QED) is 0.446. The molecule has 60 valence electrons. The molecule has 0 unspecified atom stereocenters. The Hall–Kier alpha value is -1.46. The highest BCUT2D eigenvalue weighted by atomic mass is 16.4. The molecule has 0 saturated heterocycles. The van der Waals surface area contributed by atoms with Crippen LogP contribution in [0.3, 0.4) is 0 Å². The molecule has 0 heterocycles. The third kappa shape index (κ3) is 31.1. The zero-order valence-corrected chi connectivity index (χ0v) is 5.74. The van der Waals surface area contributed by atoms with E-state index in [1.165, 1.54) is 14.1 Å². The van der Waals surface area contributed by atoms with Gasteiger partial charge >= 0.3 is 12.2 Å². The number of nitrogens with zero attached hydrogens (tertiary/aromatic N) is 1. The van der Waals surface area contributed by atoms with Crippen LogP contribution in [0.5, 0.6) is 0 Å². The van der Waals surface area contributed by atoms with Crippen molar-refractivity contribution in [3.05, 3.63) is 0 Å². The third-order valence-corrected chi connectivity index (χ3v) is 0.383. The molecule has 0 bridgehead atoms. The lowest BCUT2D eigenvalue weighted by Crippen LogP contribution is -2.18. The Morgan fingerprint density at radius 3 is 1.40 bits per heavy atom. The van der Waals surface area contributed by atoms with E-state index in [1.807, 2.05) is 0 Å². The van der Waals surface area contributed by atoms with Crippen molar-refractivity contribution in [3.8, 4) is 0 Å². The second-order valence-electron chi connectivity index (χ2n) is 1.52. The SMILES string of the molecule is CN(C)C(=O)O.NC(=O)O. The summed E-state index contributed by atoms with van der Waals surface area (Å²) in [7, 11) is 2.95. The van der Waals surface area contributed by atoms with Crippen molar-refractivity contribution in [2.45, 2.75) is 0 Å². The summed E-state index contributed by atoms with van der Waals surface area (Å²) in [5, 5.41) is 15.1. The number of nitrogens with two attached hydrogens (primary N) is 1. The average molecular weight is 150 g/mol. The lowest BCUT2D eigenvalue weighted by Gasteiger charge is -1.99. The van der Waals surface area contributed by atoms with Crippen LogP contribution >= 0.6 is 0 Å². The first-order valence-electron chi connectivity index (χ1n) is 2.26. The molecule has 0 aromatic heterocycles. The summed E-state index contributed by atoms with van der Waals surface area (Å²) in [4.78, 5) is 19.5. The fourth-order valence-corrected chi connectivity index (χ4v) is 0. The highest BCUT2D eigenvalue weighted by Gasteiger charge is 1.91. The number of primary amides is 1. The van der Waals surface area contributed by atoms with Crippen molar-refractivity contribution in [1.29, 1.82) is 0 Å². The second-order valence-corrected chi connectivity index (χ2v) is 1.52. The number of hydrogen-bond acceptors (Lipinski definition) is 2. The molecule has 0 aliphatic carbocycles. The zero-order chi connectivity index (χ0) is 8.73. The molecule has 0 fully saturated rings. The maximum atomic E-state index is 9.62. The monoisotopic (exact) mass is 150 g/mol. The Morgan fingerprint density at radius 1 is 1.30 bits per heavy atom. The first-order valence-corrected chi connectivity index (χ1v) is 2.26. The van der Waals surface area contributed by atoms with Crippen molar-refractivity contribution in [1.82, 2.24) is 4.90 Å². The van der Waals surface area contributed by atoms with E-state index in [9.17, 15) is 4.79 Å². The van der Waals surface area contributed by atoms with Crippen LogP contribution in [0.1, 0.15) is 0 Å². The van der Waals surface area contributed by atoms with Gasteiger partial charge in [-0.05, 0) is 0 Å². The van der Waals surface area contributed by atoms with E-state index in [2.05, 4.69) is 5.73 Å². The molecule has 0 aromatic carbocycles. The topological polar surface area (TPSA) is 104 Å². The molecule has 0 radical (unpaired) electrons. The van der Waals surface area contributed by atoms with Crippen molar-refractivity contribution in [3.63, 3.8) is 0 Å². The fraction of sp³-hybridized carbons (Fsp3) is 0.500. The van der Waals surface area contributed by atoms with Crippen LogP contribution < -0.4 is 5.73 Å². The molecule has 4 N–H and O–H groups in total. The van der Waals surface area contributed by atoms with Crippen LogP contribution in [0.15, 0.2) is 0 Å². The molecule has 6 nitrogen and oxygen atoms in total. The predicted octanol–water partition coefficient (Wildman–Crippen LogP) is -0.151. The Morgan fingerprint density at radius 2 is 1.40 bits per heavy atom. The maximum Gasteiger partial charge on any atom is 0.406 e. The molecular formula is C4H10N2O4. The van der Waals surface area contributed by atoms with Gasteiger partial charge in [0.25, 0.3) is 0 Å². The summed E-state index contributed by atoms with van der Waals surface area (Å²) in [5.74, 6) is 0. The van der Waals surface area contributed by atoms with Gasteiger partial charge in [0.05, 0.1) is 0 Å². The molecular weight excluding hydrogens is 140 g/mol. The molecule has 0 saturated carbocycles. The molecule has 0 aliphatic rings. The van der Waals surface area contributed by atoms with Gasteiger partial charge in [0.1, 0.15) is 0 Å². The van der Waals surface area contributed by atoms with E-state index in [4.69, 9.17) is 15.0 Å². The summed E-state index contributed by atoms with van der Waals surface area (Å²) >= 11 is 0. The van der Waals surface area contributed by atoms with E-state index in [0.29, 0.717) is 0 Å².